The molecule has 5 nitrogen and oxygen atoms in total. The lowest BCUT2D eigenvalue weighted by molar-refractivity contribution is 0.475. The van der Waals surface area contributed by atoms with Crippen LogP contribution in [0.2, 0.25) is 0 Å². The second kappa shape index (κ2) is 5.14. The third kappa shape index (κ3) is 2.48. The van der Waals surface area contributed by atoms with Crippen molar-refractivity contribution >= 4 is 17.2 Å². The quantitative estimate of drug-likeness (QED) is 0.810. The van der Waals surface area contributed by atoms with Gasteiger partial charge in [0.25, 0.3) is 0 Å². The summed E-state index contributed by atoms with van der Waals surface area (Å²) in [5.41, 5.74) is 8.14. The Hall–Kier alpha value is -1.95. The highest BCUT2D eigenvalue weighted by Gasteiger charge is 2.13. The van der Waals surface area contributed by atoms with Crippen molar-refractivity contribution < 1.29 is 5.11 Å². The predicted molar refractivity (Wildman–Crippen MR) is 72.5 cm³/mol. The highest BCUT2D eigenvalue weighted by molar-refractivity contribution is 7.80. The first-order valence-corrected chi connectivity index (χ1v) is 6.02. The summed E-state index contributed by atoms with van der Waals surface area (Å²) in [5.74, 6) is 0.247. The van der Waals surface area contributed by atoms with Crippen LogP contribution in [0.4, 0.5) is 0 Å². The van der Waals surface area contributed by atoms with E-state index < -0.39 is 0 Å². The zero-order valence-electron chi connectivity index (χ0n) is 10.00. The molecule has 0 spiro atoms. The van der Waals surface area contributed by atoms with Gasteiger partial charge < -0.3 is 10.8 Å². The zero-order chi connectivity index (χ0) is 13.1. The maximum atomic E-state index is 9.23. The number of benzene rings is 1. The summed E-state index contributed by atoms with van der Waals surface area (Å²) in [6.45, 7) is 2.59. The molecular formula is C12H14N4OS. The van der Waals surface area contributed by atoms with Gasteiger partial charge in [0.05, 0.1) is 12.2 Å². The number of nitrogens with two attached hydrogens (primary N) is 1. The van der Waals surface area contributed by atoms with E-state index in [2.05, 4.69) is 10.3 Å². The van der Waals surface area contributed by atoms with Gasteiger partial charge in [-0.25, -0.2) is 4.68 Å². The molecule has 0 radical (unpaired) electrons. The molecule has 0 saturated heterocycles. The standard InChI is InChI=1S/C12H14N4OS/c1-2-10-11(12(13)18)14-15-16(10)7-8-3-5-9(17)6-4-8/h3-6,17H,2,7H2,1H3,(H2,13,18). The Labute approximate surface area is 110 Å². The molecule has 0 unspecified atom stereocenters. The predicted octanol–water partition coefficient (Wildman–Crippen LogP) is 1.23. The summed E-state index contributed by atoms with van der Waals surface area (Å²) >= 11 is 4.94. The fourth-order valence-corrected chi connectivity index (χ4v) is 1.93. The van der Waals surface area contributed by atoms with Crippen LogP contribution in [-0.4, -0.2) is 25.1 Å². The summed E-state index contributed by atoms with van der Waals surface area (Å²) in [7, 11) is 0. The number of phenols is 1. The maximum absolute atomic E-state index is 9.23. The molecule has 94 valence electrons. The lowest BCUT2D eigenvalue weighted by Gasteiger charge is -2.06. The van der Waals surface area contributed by atoms with Gasteiger partial charge in [-0.2, -0.15) is 0 Å². The minimum atomic E-state index is 0.247. The highest BCUT2D eigenvalue weighted by Crippen LogP contribution is 2.13. The molecule has 1 aromatic heterocycles. The van der Waals surface area contributed by atoms with Crippen LogP contribution < -0.4 is 5.73 Å². The molecule has 0 saturated carbocycles. The normalized spacial score (nSPS) is 10.5. The van der Waals surface area contributed by atoms with E-state index in [1.807, 2.05) is 19.1 Å². The van der Waals surface area contributed by atoms with Crippen molar-refractivity contribution in [2.24, 2.45) is 5.73 Å². The lowest BCUT2D eigenvalue weighted by Crippen LogP contribution is -2.14. The first-order valence-electron chi connectivity index (χ1n) is 5.62. The Bertz CT molecular complexity index is 562. The van der Waals surface area contributed by atoms with Crippen LogP contribution in [-0.2, 0) is 13.0 Å². The Morgan fingerprint density at radius 1 is 1.39 bits per heavy atom. The summed E-state index contributed by atoms with van der Waals surface area (Å²) in [5, 5.41) is 17.3. The Morgan fingerprint density at radius 2 is 2.06 bits per heavy atom. The molecule has 0 bridgehead atoms. The van der Waals surface area contributed by atoms with Gasteiger partial charge in [0.2, 0.25) is 0 Å². The van der Waals surface area contributed by atoms with E-state index in [9.17, 15) is 5.11 Å². The molecule has 0 aliphatic rings. The fraction of sp³-hybridized carbons (Fsp3) is 0.250. The molecule has 2 aromatic rings. The number of thiocarbonyl (C=S) groups is 1. The van der Waals surface area contributed by atoms with E-state index >= 15 is 0 Å². The van der Waals surface area contributed by atoms with Gasteiger partial charge in [-0.15, -0.1) is 5.10 Å². The third-order valence-electron chi connectivity index (χ3n) is 2.67. The van der Waals surface area contributed by atoms with Crippen molar-refractivity contribution in [1.29, 1.82) is 0 Å². The monoisotopic (exact) mass is 262 g/mol. The molecule has 1 aromatic carbocycles. The van der Waals surface area contributed by atoms with E-state index in [1.165, 1.54) is 0 Å². The number of hydrogen-bond acceptors (Lipinski definition) is 4. The second-order valence-electron chi connectivity index (χ2n) is 3.93. The molecule has 0 amide bonds. The molecule has 0 fully saturated rings. The average molecular weight is 262 g/mol. The number of aromatic hydroxyl groups is 1. The summed E-state index contributed by atoms with van der Waals surface area (Å²) in [6, 6.07) is 6.98. The van der Waals surface area contributed by atoms with Gasteiger partial charge in [0.1, 0.15) is 16.4 Å². The molecule has 0 aliphatic carbocycles. The van der Waals surface area contributed by atoms with Gasteiger partial charge in [-0.05, 0) is 24.1 Å². The van der Waals surface area contributed by atoms with Crippen LogP contribution in [0, 0.1) is 0 Å². The number of nitrogens with zero attached hydrogens (tertiary/aromatic N) is 3. The first kappa shape index (κ1) is 12.5. The Kier molecular flexibility index (Phi) is 3.57. The molecule has 1 heterocycles. The van der Waals surface area contributed by atoms with Crippen LogP contribution in [0.1, 0.15) is 23.9 Å². The first-order chi connectivity index (χ1) is 8.61. The molecular weight excluding hydrogens is 248 g/mol. The Balaban J connectivity index is 2.29. The van der Waals surface area contributed by atoms with E-state index in [-0.39, 0.29) is 10.7 Å². The number of aromatic nitrogens is 3. The molecule has 0 aliphatic heterocycles. The van der Waals surface area contributed by atoms with Crippen molar-refractivity contribution in [3.63, 3.8) is 0 Å². The van der Waals surface area contributed by atoms with Crippen molar-refractivity contribution in [2.75, 3.05) is 0 Å². The van der Waals surface area contributed by atoms with Gasteiger partial charge in [-0.3, -0.25) is 0 Å². The summed E-state index contributed by atoms with van der Waals surface area (Å²) < 4.78 is 1.78. The van der Waals surface area contributed by atoms with Crippen molar-refractivity contribution in [1.82, 2.24) is 15.0 Å². The van der Waals surface area contributed by atoms with Crippen LogP contribution in [0.25, 0.3) is 0 Å². The topological polar surface area (TPSA) is 77.0 Å². The smallest absolute Gasteiger partial charge is 0.143 e. The third-order valence-corrected chi connectivity index (χ3v) is 2.87. The van der Waals surface area contributed by atoms with E-state index in [4.69, 9.17) is 18.0 Å². The van der Waals surface area contributed by atoms with Crippen LogP contribution in [0.3, 0.4) is 0 Å². The number of hydrogen-bond donors (Lipinski definition) is 2. The number of phenolic OH excluding ortho intramolecular Hbond substituents is 1. The summed E-state index contributed by atoms with van der Waals surface area (Å²) in [6.07, 6.45) is 0.762. The molecule has 18 heavy (non-hydrogen) atoms. The van der Waals surface area contributed by atoms with E-state index in [0.29, 0.717) is 12.2 Å². The Morgan fingerprint density at radius 3 is 2.61 bits per heavy atom. The highest BCUT2D eigenvalue weighted by atomic mass is 32.1. The van der Waals surface area contributed by atoms with Crippen molar-refractivity contribution in [3.05, 3.63) is 41.2 Å². The molecule has 2 rings (SSSR count). The lowest BCUT2D eigenvalue weighted by atomic mass is 10.2. The van der Waals surface area contributed by atoms with E-state index in [1.54, 1.807) is 16.8 Å². The largest absolute Gasteiger partial charge is 0.508 e. The van der Waals surface area contributed by atoms with Gasteiger partial charge >= 0.3 is 0 Å². The average Bonchev–Trinajstić information content (AvgIpc) is 2.75. The minimum absolute atomic E-state index is 0.247. The molecule has 6 heteroatoms. The van der Waals surface area contributed by atoms with E-state index in [0.717, 1.165) is 17.7 Å². The molecule has 3 N–H and O–H groups in total. The van der Waals surface area contributed by atoms with Crippen LogP contribution >= 0.6 is 12.2 Å². The minimum Gasteiger partial charge on any atom is -0.508 e. The summed E-state index contributed by atoms with van der Waals surface area (Å²) in [4.78, 5) is 0.267. The molecule has 0 atom stereocenters. The fourth-order valence-electron chi connectivity index (χ4n) is 1.78. The second-order valence-corrected chi connectivity index (χ2v) is 4.37. The van der Waals surface area contributed by atoms with Crippen molar-refractivity contribution in [3.8, 4) is 5.75 Å². The maximum Gasteiger partial charge on any atom is 0.143 e. The van der Waals surface area contributed by atoms with Gasteiger partial charge in [0.15, 0.2) is 0 Å². The SMILES string of the molecule is CCc1c(C(N)=S)nnn1Cc1ccc(O)cc1. The van der Waals surface area contributed by atoms with Gasteiger partial charge in [-0.1, -0.05) is 36.5 Å². The van der Waals surface area contributed by atoms with Crippen LogP contribution in [0.15, 0.2) is 24.3 Å². The zero-order valence-corrected chi connectivity index (χ0v) is 10.8. The van der Waals surface area contributed by atoms with Crippen molar-refractivity contribution in [2.45, 2.75) is 19.9 Å². The van der Waals surface area contributed by atoms with Gasteiger partial charge in [0, 0.05) is 0 Å². The van der Waals surface area contributed by atoms with Crippen LogP contribution in [0.5, 0.6) is 5.75 Å². The number of rotatable bonds is 4.